The second-order valence-corrected chi connectivity index (χ2v) is 7.09. The van der Waals surface area contributed by atoms with E-state index in [1.165, 1.54) is 42.4 Å². The van der Waals surface area contributed by atoms with Gasteiger partial charge in [0.1, 0.15) is 0 Å². The Hall–Kier alpha value is -0.820. The highest BCUT2D eigenvalue weighted by atomic mass is 32.2. The first kappa shape index (κ1) is 14.6. The lowest BCUT2D eigenvalue weighted by atomic mass is 9.82. The quantitative estimate of drug-likeness (QED) is 0.815. The van der Waals surface area contributed by atoms with Gasteiger partial charge in [-0.05, 0) is 24.7 Å². The normalized spacial score (nSPS) is 17.9. The first-order chi connectivity index (χ1) is 9.08. The van der Waals surface area contributed by atoms with Crippen molar-refractivity contribution in [3.8, 4) is 0 Å². The molecule has 0 amide bonds. The minimum atomic E-state index is -0.820. The molecule has 0 aliphatic carbocycles. The van der Waals surface area contributed by atoms with Gasteiger partial charge in [-0.2, -0.15) is 0 Å². The molecule has 2 rings (SSSR count). The lowest BCUT2D eigenvalue weighted by molar-refractivity contribution is -0.133. The van der Waals surface area contributed by atoms with Gasteiger partial charge in [-0.1, -0.05) is 36.9 Å². The number of nitrogens with zero attached hydrogens (tertiary/aromatic N) is 3. The second-order valence-electron chi connectivity index (χ2n) is 4.91. The molecule has 0 aromatic carbocycles. The standard InChI is InChI=1S/C12H19N3O2S2/c1-3-12(4-2)5-6-15(8-12)10-13-14-11(19-10)18-7-9(16)17/h3-8H2,1-2H3,(H,16,17). The molecule has 0 radical (unpaired) electrons. The van der Waals surface area contributed by atoms with E-state index in [1.54, 1.807) is 0 Å². The summed E-state index contributed by atoms with van der Waals surface area (Å²) in [6.45, 7) is 6.57. The van der Waals surface area contributed by atoms with Crippen LogP contribution >= 0.6 is 23.1 Å². The number of aliphatic carboxylic acids is 1. The van der Waals surface area contributed by atoms with Crippen LogP contribution in [-0.2, 0) is 4.79 Å². The third kappa shape index (κ3) is 3.39. The van der Waals surface area contributed by atoms with Gasteiger partial charge in [-0.15, -0.1) is 10.2 Å². The Morgan fingerprint density at radius 3 is 2.79 bits per heavy atom. The van der Waals surface area contributed by atoms with Crippen molar-refractivity contribution in [2.45, 2.75) is 37.4 Å². The van der Waals surface area contributed by atoms with Crippen LogP contribution < -0.4 is 4.90 Å². The topological polar surface area (TPSA) is 66.3 Å². The summed E-state index contributed by atoms with van der Waals surface area (Å²) in [6, 6.07) is 0. The molecular formula is C12H19N3O2S2. The average Bonchev–Trinajstić information content (AvgIpc) is 3.03. The number of carboxylic acids is 1. The minimum absolute atomic E-state index is 0.0441. The Bertz CT molecular complexity index is 446. The van der Waals surface area contributed by atoms with Crippen LogP contribution in [0.15, 0.2) is 4.34 Å². The Balaban J connectivity index is 1.98. The lowest BCUT2D eigenvalue weighted by Gasteiger charge is -2.25. The van der Waals surface area contributed by atoms with Gasteiger partial charge in [-0.3, -0.25) is 4.79 Å². The van der Waals surface area contributed by atoms with Crippen molar-refractivity contribution < 1.29 is 9.90 Å². The van der Waals surface area contributed by atoms with Crippen LogP contribution in [0, 0.1) is 5.41 Å². The zero-order chi connectivity index (χ0) is 13.9. The highest BCUT2D eigenvalue weighted by Gasteiger charge is 2.36. The highest BCUT2D eigenvalue weighted by Crippen LogP contribution is 2.40. The molecule has 1 aliphatic rings. The number of aromatic nitrogens is 2. The van der Waals surface area contributed by atoms with Crippen molar-refractivity contribution in [3.63, 3.8) is 0 Å². The molecule has 1 fully saturated rings. The summed E-state index contributed by atoms with van der Waals surface area (Å²) in [5.74, 6) is -0.776. The molecule has 0 saturated carbocycles. The predicted molar refractivity (Wildman–Crippen MR) is 78.1 cm³/mol. The summed E-state index contributed by atoms with van der Waals surface area (Å²) in [6.07, 6.45) is 3.59. The summed E-state index contributed by atoms with van der Waals surface area (Å²) in [5.41, 5.74) is 0.417. The van der Waals surface area contributed by atoms with Crippen LogP contribution in [0.1, 0.15) is 33.1 Å². The third-order valence-corrected chi connectivity index (χ3v) is 6.03. The Morgan fingerprint density at radius 2 is 2.21 bits per heavy atom. The van der Waals surface area contributed by atoms with Crippen LogP contribution in [0.5, 0.6) is 0 Å². The molecule has 0 bridgehead atoms. The van der Waals surface area contributed by atoms with Gasteiger partial charge in [-0.25, -0.2) is 0 Å². The van der Waals surface area contributed by atoms with Crippen molar-refractivity contribution in [3.05, 3.63) is 0 Å². The molecule has 0 spiro atoms. The maximum Gasteiger partial charge on any atom is 0.313 e. The van der Waals surface area contributed by atoms with Crippen molar-refractivity contribution >= 4 is 34.2 Å². The van der Waals surface area contributed by atoms with Crippen molar-refractivity contribution in [2.24, 2.45) is 5.41 Å². The number of hydrogen-bond acceptors (Lipinski definition) is 6. The van der Waals surface area contributed by atoms with Gasteiger partial charge in [0, 0.05) is 13.1 Å². The number of anilines is 1. The van der Waals surface area contributed by atoms with E-state index < -0.39 is 5.97 Å². The molecule has 1 N–H and O–H groups in total. The summed E-state index contributed by atoms with van der Waals surface area (Å²) in [7, 11) is 0. The molecule has 0 atom stereocenters. The van der Waals surface area contributed by atoms with E-state index in [4.69, 9.17) is 5.11 Å². The van der Waals surface area contributed by atoms with Crippen LogP contribution in [0.25, 0.3) is 0 Å². The average molecular weight is 301 g/mol. The fourth-order valence-electron chi connectivity index (χ4n) is 2.44. The molecule has 1 saturated heterocycles. The van der Waals surface area contributed by atoms with Crippen LogP contribution in [0.3, 0.4) is 0 Å². The zero-order valence-corrected chi connectivity index (χ0v) is 12.9. The van der Waals surface area contributed by atoms with Crippen LogP contribution in [0.4, 0.5) is 5.13 Å². The van der Waals surface area contributed by atoms with E-state index in [0.29, 0.717) is 5.41 Å². The number of carbonyl (C=O) groups is 1. The summed E-state index contributed by atoms with van der Waals surface area (Å²) < 4.78 is 0.739. The predicted octanol–water partition coefficient (Wildman–Crippen LogP) is 2.73. The number of hydrogen-bond donors (Lipinski definition) is 1. The van der Waals surface area contributed by atoms with Crippen LogP contribution in [0.2, 0.25) is 0 Å². The number of rotatable bonds is 6. The van der Waals surface area contributed by atoms with E-state index in [-0.39, 0.29) is 5.75 Å². The Morgan fingerprint density at radius 1 is 1.47 bits per heavy atom. The maximum absolute atomic E-state index is 10.5. The molecule has 106 valence electrons. The maximum atomic E-state index is 10.5. The van der Waals surface area contributed by atoms with Crippen molar-refractivity contribution in [1.82, 2.24) is 10.2 Å². The summed E-state index contributed by atoms with van der Waals surface area (Å²) >= 11 is 2.74. The van der Waals surface area contributed by atoms with Crippen LogP contribution in [-0.4, -0.2) is 40.1 Å². The molecule has 5 nitrogen and oxygen atoms in total. The van der Waals surface area contributed by atoms with E-state index in [1.807, 2.05) is 0 Å². The molecule has 7 heteroatoms. The largest absolute Gasteiger partial charge is 0.481 e. The molecule has 2 heterocycles. The molecular weight excluding hydrogens is 282 g/mol. The van der Waals surface area contributed by atoms with E-state index in [0.717, 1.165) is 22.6 Å². The number of thioether (sulfide) groups is 1. The Kier molecular flexibility index (Phi) is 4.67. The first-order valence-electron chi connectivity index (χ1n) is 6.51. The zero-order valence-electron chi connectivity index (χ0n) is 11.3. The molecule has 19 heavy (non-hydrogen) atoms. The fourth-order valence-corrected chi connectivity index (χ4v) is 4.02. The first-order valence-corrected chi connectivity index (χ1v) is 8.32. The minimum Gasteiger partial charge on any atom is -0.481 e. The third-order valence-electron chi connectivity index (χ3n) is 3.92. The summed E-state index contributed by atoms with van der Waals surface area (Å²) in [4.78, 5) is 12.8. The smallest absolute Gasteiger partial charge is 0.313 e. The molecule has 1 aromatic heterocycles. The van der Waals surface area contributed by atoms with Gasteiger partial charge in [0.05, 0.1) is 5.75 Å². The lowest BCUT2D eigenvalue weighted by Crippen LogP contribution is -2.25. The summed E-state index contributed by atoms with van der Waals surface area (Å²) in [5, 5.41) is 17.8. The molecule has 1 aliphatic heterocycles. The van der Waals surface area contributed by atoms with Crippen molar-refractivity contribution in [1.29, 1.82) is 0 Å². The van der Waals surface area contributed by atoms with Gasteiger partial charge >= 0.3 is 5.97 Å². The highest BCUT2D eigenvalue weighted by molar-refractivity contribution is 8.01. The van der Waals surface area contributed by atoms with E-state index >= 15 is 0 Å². The molecule has 0 unspecified atom stereocenters. The number of carboxylic acid groups (broad SMARTS) is 1. The van der Waals surface area contributed by atoms with Gasteiger partial charge in [0.25, 0.3) is 0 Å². The van der Waals surface area contributed by atoms with E-state index in [2.05, 4.69) is 28.9 Å². The SMILES string of the molecule is CCC1(CC)CCN(c2nnc(SCC(=O)O)s2)C1. The monoisotopic (exact) mass is 301 g/mol. The van der Waals surface area contributed by atoms with Gasteiger partial charge in [0.2, 0.25) is 5.13 Å². The fraction of sp³-hybridized carbons (Fsp3) is 0.750. The van der Waals surface area contributed by atoms with Crippen molar-refractivity contribution in [2.75, 3.05) is 23.7 Å². The molecule has 1 aromatic rings. The Labute approximate surface area is 121 Å². The second kappa shape index (κ2) is 6.09. The van der Waals surface area contributed by atoms with Gasteiger partial charge in [0.15, 0.2) is 4.34 Å². The van der Waals surface area contributed by atoms with Gasteiger partial charge < -0.3 is 10.0 Å². The van der Waals surface area contributed by atoms with E-state index in [9.17, 15) is 4.79 Å².